The van der Waals surface area contributed by atoms with E-state index in [0.717, 1.165) is 18.4 Å². The van der Waals surface area contributed by atoms with Crippen LogP contribution in [0.1, 0.15) is 31.7 Å². The van der Waals surface area contributed by atoms with Gasteiger partial charge in [0.1, 0.15) is 5.75 Å². The fraction of sp³-hybridized carbons (Fsp3) is 0.286. The average molecular weight is 434 g/mol. The minimum atomic E-state index is -0.390. The van der Waals surface area contributed by atoms with Crippen molar-refractivity contribution in [3.05, 3.63) is 53.1 Å². The summed E-state index contributed by atoms with van der Waals surface area (Å²) >= 11 is 11.1. The Balaban J connectivity index is 1.82. The molecule has 2 rings (SSSR count). The van der Waals surface area contributed by atoms with Gasteiger partial charge in [0.05, 0.1) is 0 Å². The first-order valence-corrected chi connectivity index (χ1v) is 10.1. The molecule has 0 aliphatic rings. The van der Waals surface area contributed by atoms with Gasteiger partial charge in [-0.25, -0.2) is 0 Å². The van der Waals surface area contributed by atoms with Gasteiger partial charge in [-0.2, -0.15) is 0 Å². The van der Waals surface area contributed by atoms with Gasteiger partial charge in [-0.05, 0) is 67.5 Å². The normalized spacial score (nSPS) is 10.2. The molecule has 6 nitrogen and oxygen atoms in total. The third-order valence-electron chi connectivity index (χ3n) is 3.91. The molecule has 0 radical (unpaired) electrons. The second-order valence-electron chi connectivity index (χ2n) is 6.43. The molecule has 0 saturated carbocycles. The standard InChI is InChI=1S/C21H24ClN3O3S/c1-3-4-8-19(26)23-15-6-5-7-16(12-15)24-21(29)25-20(27)13-28-17-9-10-18(22)14(2)11-17/h5-7,9-12H,3-4,8,13H2,1-2H3,(H,23,26)(H2,24,25,27,29). The first-order chi connectivity index (χ1) is 13.9. The van der Waals surface area contributed by atoms with Crippen molar-refractivity contribution in [2.75, 3.05) is 17.2 Å². The zero-order valence-corrected chi connectivity index (χ0v) is 18.0. The Kier molecular flexibility index (Phi) is 8.89. The molecule has 2 aromatic carbocycles. The zero-order chi connectivity index (χ0) is 21.2. The van der Waals surface area contributed by atoms with E-state index < -0.39 is 0 Å². The predicted molar refractivity (Wildman–Crippen MR) is 121 cm³/mol. The molecule has 2 aromatic rings. The molecule has 29 heavy (non-hydrogen) atoms. The summed E-state index contributed by atoms with van der Waals surface area (Å²) in [7, 11) is 0. The van der Waals surface area contributed by atoms with Gasteiger partial charge in [0.25, 0.3) is 5.91 Å². The number of nitrogens with one attached hydrogen (secondary N) is 3. The molecule has 3 N–H and O–H groups in total. The fourth-order valence-electron chi connectivity index (χ4n) is 2.42. The summed E-state index contributed by atoms with van der Waals surface area (Å²) in [6.07, 6.45) is 2.29. The number of benzene rings is 2. The minimum absolute atomic E-state index is 0.0329. The molecule has 8 heteroatoms. The smallest absolute Gasteiger partial charge is 0.264 e. The van der Waals surface area contributed by atoms with Gasteiger partial charge < -0.3 is 15.4 Å². The fourth-order valence-corrected chi connectivity index (χ4v) is 2.77. The van der Waals surface area contributed by atoms with Crippen LogP contribution in [0.2, 0.25) is 5.02 Å². The first kappa shape index (κ1) is 22.6. The molecule has 0 aliphatic heterocycles. The van der Waals surface area contributed by atoms with Gasteiger partial charge >= 0.3 is 0 Å². The molecule has 0 heterocycles. The summed E-state index contributed by atoms with van der Waals surface area (Å²) in [4.78, 5) is 23.9. The number of carbonyl (C=O) groups is 2. The number of hydrogen-bond acceptors (Lipinski definition) is 4. The number of carbonyl (C=O) groups excluding carboxylic acids is 2. The number of aryl methyl sites for hydroxylation is 1. The summed E-state index contributed by atoms with van der Waals surface area (Å²) in [5.41, 5.74) is 2.17. The molecule has 154 valence electrons. The van der Waals surface area contributed by atoms with Crippen molar-refractivity contribution in [3.63, 3.8) is 0 Å². The van der Waals surface area contributed by atoms with Crippen molar-refractivity contribution in [1.82, 2.24) is 5.32 Å². The van der Waals surface area contributed by atoms with Gasteiger partial charge in [0, 0.05) is 22.8 Å². The van der Waals surface area contributed by atoms with Crippen LogP contribution in [-0.2, 0) is 9.59 Å². The van der Waals surface area contributed by atoms with Crippen LogP contribution in [0.3, 0.4) is 0 Å². The largest absolute Gasteiger partial charge is 0.484 e. The van der Waals surface area contributed by atoms with E-state index in [0.29, 0.717) is 28.6 Å². The van der Waals surface area contributed by atoms with Crippen molar-refractivity contribution >= 4 is 52.1 Å². The number of halogens is 1. The quantitative estimate of drug-likeness (QED) is 0.527. The Labute approximate surface area is 181 Å². The predicted octanol–water partition coefficient (Wildman–Crippen LogP) is 4.67. The van der Waals surface area contributed by atoms with E-state index in [1.807, 2.05) is 13.8 Å². The maximum atomic E-state index is 12.0. The maximum Gasteiger partial charge on any atom is 0.264 e. The van der Waals surface area contributed by atoms with Gasteiger partial charge in [0.2, 0.25) is 5.91 Å². The lowest BCUT2D eigenvalue weighted by molar-refractivity contribution is -0.121. The Morgan fingerprint density at radius 3 is 2.48 bits per heavy atom. The lowest BCUT2D eigenvalue weighted by atomic mass is 10.2. The minimum Gasteiger partial charge on any atom is -0.484 e. The highest BCUT2D eigenvalue weighted by Gasteiger charge is 2.08. The summed E-state index contributed by atoms with van der Waals surface area (Å²) in [6, 6.07) is 12.3. The zero-order valence-electron chi connectivity index (χ0n) is 16.4. The second kappa shape index (κ2) is 11.4. The number of amides is 2. The van der Waals surface area contributed by atoms with Crippen molar-refractivity contribution < 1.29 is 14.3 Å². The molecule has 0 unspecified atom stereocenters. The number of anilines is 2. The van der Waals surface area contributed by atoms with Crippen LogP contribution in [0.5, 0.6) is 5.75 Å². The molecule has 0 atom stereocenters. The second-order valence-corrected chi connectivity index (χ2v) is 7.25. The highest BCUT2D eigenvalue weighted by molar-refractivity contribution is 7.80. The van der Waals surface area contributed by atoms with E-state index in [1.165, 1.54) is 0 Å². The molecular formula is C21H24ClN3O3S. The monoisotopic (exact) mass is 433 g/mol. The van der Waals surface area contributed by atoms with Crippen LogP contribution in [0.4, 0.5) is 11.4 Å². The molecule has 0 bridgehead atoms. The van der Waals surface area contributed by atoms with Crippen molar-refractivity contribution in [2.45, 2.75) is 33.1 Å². The molecule has 2 amide bonds. The summed E-state index contributed by atoms with van der Waals surface area (Å²) in [5.74, 6) is 0.126. The number of unbranched alkanes of at least 4 members (excludes halogenated alkanes) is 1. The van der Waals surface area contributed by atoms with E-state index in [1.54, 1.807) is 42.5 Å². The molecular weight excluding hydrogens is 410 g/mol. The first-order valence-electron chi connectivity index (χ1n) is 9.27. The Morgan fingerprint density at radius 1 is 1.07 bits per heavy atom. The highest BCUT2D eigenvalue weighted by Crippen LogP contribution is 2.21. The van der Waals surface area contributed by atoms with Crippen LogP contribution >= 0.6 is 23.8 Å². The third-order valence-corrected chi connectivity index (χ3v) is 4.54. The SMILES string of the molecule is CCCCC(=O)Nc1cccc(NC(=S)NC(=O)COc2ccc(Cl)c(C)c2)c1. The Morgan fingerprint density at radius 2 is 1.79 bits per heavy atom. The Bertz CT molecular complexity index is 889. The van der Waals surface area contributed by atoms with Gasteiger partial charge in [0.15, 0.2) is 11.7 Å². The lowest BCUT2D eigenvalue weighted by Gasteiger charge is -2.12. The highest BCUT2D eigenvalue weighted by atomic mass is 35.5. The van der Waals surface area contributed by atoms with Crippen LogP contribution in [0, 0.1) is 6.92 Å². The summed E-state index contributed by atoms with van der Waals surface area (Å²) in [6.45, 7) is 3.71. The molecule has 0 aromatic heterocycles. The number of ether oxygens (including phenoxy) is 1. The number of thiocarbonyl (C=S) groups is 1. The topological polar surface area (TPSA) is 79.5 Å². The Hall–Kier alpha value is -2.64. The van der Waals surface area contributed by atoms with Gasteiger partial charge in [-0.1, -0.05) is 31.0 Å². The third kappa shape index (κ3) is 8.09. The van der Waals surface area contributed by atoms with E-state index in [2.05, 4.69) is 16.0 Å². The molecule has 0 aliphatic carbocycles. The summed E-state index contributed by atoms with van der Waals surface area (Å²) < 4.78 is 5.44. The van der Waals surface area contributed by atoms with Gasteiger partial charge in [-0.15, -0.1) is 0 Å². The average Bonchev–Trinajstić information content (AvgIpc) is 2.67. The molecule has 0 saturated heterocycles. The van der Waals surface area contributed by atoms with Gasteiger partial charge in [-0.3, -0.25) is 14.9 Å². The van der Waals surface area contributed by atoms with E-state index >= 15 is 0 Å². The van der Waals surface area contributed by atoms with Crippen LogP contribution in [0.25, 0.3) is 0 Å². The van der Waals surface area contributed by atoms with Crippen molar-refractivity contribution in [1.29, 1.82) is 0 Å². The molecule has 0 fully saturated rings. The molecule has 0 spiro atoms. The van der Waals surface area contributed by atoms with Crippen LogP contribution in [0.15, 0.2) is 42.5 Å². The maximum absolute atomic E-state index is 12.0. The summed E-state index contributed by atoms with van der Waals surface area (Å²) in [5, 5.41) is 9.09. The number of hydrogen-bond donors (Lipinski definition) is 3. The van der Waals surface area contributed by atoms with Crippen LogP contribution < -0.4 is 20.7 Å². The number of rotatable bonds is 8. The van der Waals surface area contributed by atoms with Crippen molar-refractivity contribution in [2.24, 2.45) is 0 Å². The van der Waals surface area contributed by atoms with E-state index in [4.69, 9.17) is 28.6 Å². The lowest BCUT2D eigenvalue weighted by Crippen LogP contribution is -2.37. The van der Waals surface area contributed by atoms with E-state index in [-0.39, 0.29) is 23.5 Å². The van der Waals surface area contributed by atoms with Crippen molar-refractivity contribution in [3.8, 4) is 5.75 Å². The van der Waals surface area contributed by atoms with E-state index in [9.17, 15) is 9.59 Å². The van der Waals surface area contributed by atoms with Crippen LogP contribution in [-0.4, -0.2) is 23.5 Å².